The van der Waals surface area contributed by atoms with Crippen LogP contribution in [0.3, 0.4) is 0 Å². The van der Waals surface area contributed by atoms with E-state index in [2.05, 4.69) is 5.32 Å². The topological polar surface area (TPSA) is 69.7 Å². The Morgan fingerprint density at radius 1 is 0.958 bits per heavy atom. The molecule has 0 radical (unpaired) electrons. The minimum absolute atomic E-state index is 0.0171. The van der Waals surface area contributed by atoms with Gasteiger partial charge < -0.3 is 10.2 Å². The van der Waals surface area contributed by atoms with E-state index in [-0.39, 0.29) is 12.1 Å². The highest BCUT2D eigenvalue weighted by molar-refractivity contribution is 7.88. The number of nitrogens with one attached hydrogen (secondary N) is 1. The number of rotatable bonds is 3. The van der Waals surface area contributed by atoms with Gasteiger partial charge in [-0.2, -0.15) is 0 Å². The number of hydrogen-bond donors (Lipinski definition) is 1. The summed E-state index contributed by atoms with van der Waals surface area (Å²) in [7, 11) is -3.17. The summed E-state index contributed by atoms with van der Waals surface area (Å²) in [5.74, 6) is 0.658. The van der Waals surface area contributed by atoms with Crippen LogP contribution in [0.15, 0.2) is 0 Å². The quantitative estimate of drug-likeness (QED) is 0.841. The van der Waals surface area contributed by atoms with Gasteiger partial charge in [0.2, 0.25) is 10.0 Å². The van der Waals surface area contributed by atoms with Gasteiger partial charge in [0.15, 0.2) is 0 Å². The van der Waals surface area contributed by atoms with Crippen LogP contribution < -0.4 is 5.32 Å². The minimum atomic E-state index is -3.17. The van der Waals surface area contributed by atoms with Gasteiger partial charge in [-0.1, -0.05) is 19.3 Å². The highest BCUT2D eigenvalue weighted by Gasteiger charge is 2.36. The molecule has 6 nitrogen and oxygen atoms in total. The number of hydrogen-bond acceptors (Lipinski definition) is 3. The SMILES string of the molecule is CS(=O)(=O)N1CCCC(NC(=O)N2CCCC2C2CCCCC2)C1. The van der Waals surface area contributed by atoms with Crippen molar-refractivity contribution < 1.29 is 13.2 Å². The average molecular weight is 358 g/mol. The second-order valence-electron chi connectivity index (χ2n) is 7.71. The molecule has 1 N–H and O–H groups in total. The second kappa shape index (κ2) is 7.60. The van der Waals surface area contributed by atoms with Gasteiger partial charge in [-0.15, -0.1) is 0 Å². The number of nitrogens with zero attached hydrogens (tertiary/aromatic N) is 2. The maximum Gasteiger partial charge on any atom is 0.317 e. The maximum atomic E-state index is 12.8. The second-order valence-corrected chi connectivity index (χ2v) is 9.69. The standard InChI is InChI=1S/C17H31N3O3S/c1-24(22,23)19-11-5-9-15(13-19)18-17(21)20-12-6-10-16(20)14-7-3-2-4-8-14/h14-16H,2-13H2,1H3,(H,18,21). The number of urea groups is 1. The first kappa shape index (κ1) is 18.0. The number of likely N-dealkylation sites (tertiary alicyclic amines) is 1. The molecule has 2 heterocycles. The van der Waals surface area contributed by atoms with E-state index in [1.165, 1.54) is 42.7 Å². The van der Waals surface area contributed by atoms with Gasteiger partial charge in [-0.05, 0) is 44.4 Å². The molecule has 3 rings (SSSR count). The van der Waals surface area contributed by atoms with Gasteiger partial charge in [-0.3, -0.25) is 0 Å². The number of carbonyl (C=O) groups excluding carboxylic acids is 1. The maximum absolute atomic E-state index is 12.8. The zero-order valence-electron chi connectivity index (χ0n) is 14.7. The van der Waals surface area contributed by atoms with Crippen molar-refractivity contribution in [3.63, 3.8) is 0 Å². The molecular formula is C17H31N3O3S. The van der Waals surface area contributed by atoms with Crippen molar-refractivity contribution in [1.29, 1.82) is 0 Å². The molecule has 0 spiro atoms. The summed E-state index contributed by atoms with van der Waals surface area (Å²) in [6, 6.07) is 0.344. The van der Waals surface area contributed by atoms with Crippen LogP contribution >= 0.6 is 0 Å². The zero-order valence-corrected chi connectivity index (χ0v) is 15.6. The Labute approximate surface area is 146 Å². The molecule has 2 atom stereocenters. The first-order valence-electron chi connectivity index (χ1n) is 9.47. The van der Waals surface area contributed by atoms with E-state index >= 15 is 0 Å². The van der Waals surface area contributed by atoms with Crippen LogP contribution in [0.2, 0.25) is 0 Å². The lowest BCUT2D eigenvalue weighted by Gasteiger charge is -2.36. The summed E-state index contributed by atoms with van der Waals surface area (Å²) in [5.41, 5.74) is 0. The molecule has 1 saturated carbocycles. The molecule has 3 fully saturated rings. The summed E-state index contributed by atoms with van der Waals surface area (Å²) < 4.78 is 25.0. The normalized spacial score (nSPS) is 30.5. The number of sulfonamides is 1. The van der Waals surface area contributed by atoms with Gasteiger partial charge in [0.05, 0.1) is 6.26 Å². The van der Waals surface area contributed by atoms with Crippen LogP contribution in [0.5, 0.6) is 0 Å². The van der Waals surface area contributed by atoms with Crippen LogP contribution in [0.4, 0.5) is 4.79 Å². The van der Waals surface area contributed by atoms with Crippen LogP contribution in [-0.2, 0) is 10.0 Å². The predicted octanol–water partition coefficient (Wildman–Crippen LogP) is 2.16. The summed E-state index contributed by atoms with van der Waals surface area (Å²) in [6.45, 7) is 1.82. The highest BCUT2D eigenvalue weighted by Crippen LogP contribution is 2.34. The Morgan fingerprint density at radius 2 is 1.67 bits per heavy atom. The van der Waals surface area contributed by atoms with Crippen molar-refractivity contribution in [2.75, 3.05) is 25.9 Å². The third kappa shape index (κ3) is 4.23. The van der Waals surface area contributed by atoms with Crippen molar-refractivity contribution in [3.05, 3.63) is 0 Å². The van der Waals surface area contributed by atoms with E-state index < -0.39 is 10.0 Å². The molecule has 2 saturated heterocycles. The summed E-state index contributed by atoms with van der Waals surface area (Å²) in [5, 5.41) is 3.11. The van der Waals surface area contributed by atoms with Crippen LogP contribution in [0, 0.1) is 5.92 Å². The van der Waals surface area contributed by atoms with Crippen molar-refractivity contribution in [2.24, 2.45) is 5.92 Å². The van der Waals surface area contributed by atoms with Gasteiger partial charge in [0, 0.05) is 31.7 Å². The molecule has 1 aliphatic carbocycles. The third-order valence-corrected chi connectivity index (χ3v) is 7.20. The molecule has 2 aliphatic heterocycles. The van der Waals surface area contributed by atoms with E-state index in [4.69, 9.17) is 0 Å². The fourth-order valence-electron chi connectivity index (χ4n) is 4.67. The molecule has 7 heteroatoms. The molecular weight excluding hydrogens is 326 g/mol. The largest absolute Gasteiger partial charge is 0.334 e. The molecule has 0 aromatic carbocycles. The van der Waals surface area contributed by atoms with Crippen LogP contribution in [-0.4, -0.2) is 61.6 Å². The first-order chi connectivity index (χ1) is 11.4. The molecule has 24 heavy (non-hydrogen) atoms. The lowest BCUT2D eigenvalue weighted by atomic mass is 9.83. The molecule has 0 aromatic rings. The van der Waals surface area contributed by atoms with Gasteiger partial charge in [0.25, 0.3) is 0 Å². The van der Waals surface area contributed by atoms with E-state index in [1.807, 2.05) is 4.90 Å². The van der Waals surface area contributed by atoms with Crippen molar-refractivity contribution >= 4 is 16.1 Å². The Kier molecular flexibility index (Phi) is 5.70. The number of carbonyl (C=O) groups is 1. The Hall–Kier alpha value is -0.820. The fourth-order valence-corrected chi connectivity index (χ4v) is 5.58. The molecule has 0 aromatic heterocycles. The minimum Gasteiger partial charge on any atom is -0.334 e. The smallest absolute Gasteiger partial charge is 0.317 e. The Bertz CT molecular complexity index is 545. The molecule has 3 aliphatic rings. The first-order valence-corrected chi connectivity index (χ1v) is 11.3. The average Bonchev–Trinajstić information content (AvgIpc) is 3.05. The van der Waals surface area contributed by atoms with E-state index in [1.54, 1.807) is 0 Å². The van der Waals surface area contributed by atoms with E-state index in [0.29, 0.717) is 25.0 Å². The lowest BCUT2D eigenvalue weighted by Crippen LogP contribution is -2.54. The fraction of sp³-hybridized carbons (Fsp3) is 0.941. The number of amides is 2. The van der Waals surface area contributed by atoms with Crippen molar-refractivity contribution in [1.82, 2.24) is 14.5 Å². The molecule has 2 amide bonds. The lowest BCUT2D eigenvalue weighted by molar-refractivity contribution is 0.149. The van der Waals surface area contributed by atoms with Crippen molar-refractivity contribution in [2.45, 2.75) is 69.9 Å². The van der Waals surface area contributed by atoms with Gasteiger partial charge in [0.1, 0.15) is 0 Å². The summed E-state index contributed by atoms with van der Waals surface area (Å²) in [4.78, 5) is 14.8. The van der Waals surface area contributed by atoms with Gasteiger partial charge in [-0.25, -0.2) is 17.5 Å². The predicted molar refractivity (Wildman–Crippen MR) is 94.3 cm³/mol. The third-order valence-electron chi connectivity index (χ3n) is 5.93. The van der Waals surface area contributed by atoms with E-state index in [0.717, 1.165) is 32.2 Å². The summed E-state index contributed by atoms with van der Waals surface area (Å²) in [6.07, 6.45) is 11.6. The Balaban J connectivity index is 1.57. The van der Waals surface area contributed by atoms with Gasteiger partial charge >= 0.3 is 6.03 Å². The Morgan fingerprint density at radius 3 is 2.38 bits per heavy atom. The molecule has 138 valence electrons. The zero-order chi connectivity index (χ0) is 17.2. The number of piperidine rings is 1. The monoisotopic (exact) mass is 357 g/mol. The summed E-state index contributed by atoms with van der Waals surface area (Å²) >= 11 is 0. The van der Waals surface area contributed by atoms with Crippen LogP contribution in [0.25, 0.3) is 0 Å². The van der Waals surface area contributed by atoms with Crippen LogP contribution in [0.1, 0.15) is 57.8 Å². The molecule has 0 bridgehead atoms. The molecule has 2 unspecified atom stereocenters. The van der Waals surface area contributed by atoms with Crippen molar-refractivity contribution in [3.8, 4) is 0 Å². The van der Waals surface area contributed by atoms with E-state index in [9.17, 15) is 13.2 Å². The highest BCUT2D eigenvalue weighted by atomic mass is 32.2.